The maximum atomic E-state index is 5.62. The Morgan fingerprint density at radius 3 is 2.77 bits per heavy atom. The highest BCUT2D eigenvalue weighted by Crippen LogP contribution is 2.22. The summed E-state index contributed by atoms with van der Waals surface area (Å²) in [5, 5.41) is 0. The Balaban J connectivity index is 2.20. The summed E-state index contributed by atoms with van der Waals surface area (Å²) in [6, 6.07) is 0. The summed E-state index contributed by atoms with van der Waals surface area (Å²) in [7, 11) is 0. The largest absolute Gasteiger partial charge is 0.347 e. The molecule has 1 heterocycles. The summed E-state index contributed by atoms with van der Waals surface area (Å²) >= 11 is 0. The van der Waals surface area contributed by atoms with Gasteiger partial charge in [0, 0.05) is 0 Å². The van der Waals surface area contributed by atoms with E-state index in [2.05, 4.69) is 19.1 Å². The Morgan fingerprint density at radius 2 is 2.23 bits per heavy atom. The van der Waals surface area contributed by atoms with Gasteiger partial charge >= 0.3 is 0 Å². The first-order chi connectivity index (χ1) is 6.14. The van der Waals surface area contributed by atoms with Crippen LogP contribution in [0, 0.1) is 0 Å². The van der Waals surface area contributed by atoms with Gasteiger partial charge in [-0.25, -0.2) is 0 Å². The van der Waals surface area contributed by atoms with E-state index in [0.717, 1.165) is 6.42 Å². The second kappa shape index (κ2) is 4.77. The van der Waals surface area contributed by atoms with Crippen LogP contribution < -0.4 is 0 Å². The molecule has 0 aromatic carbocycles. The van der Waals surface area contributed by atoms with E-state index in [1.165, 1.54) is 12.8 Å². The molecule has 13 heavy (non-hydrogen) atoms. The van der Waals surface area contributed by atoms with E-state index in [9.17, 15) is 0 Å². The summed E-state index contributed by atoms with van der Waals surface area (Å²) in [4.78, 5) is 0. The third kappa shape index (κ3) is 3.92. The Morgan fingerprint density at radius 1 is 1.46 bits per heavy atom. The molecule has 0 bridgehead atoms. The molecule has 0 radical (unpaired) electrons. The molecule has 0 saturated carbocycles. The summed E-state index contributed by atoms with van der Waals surface area (Å²) in [6.07, 6.45) is 8.12. The number of hydrogen-bond donors (Lipinski definition) is 0. The van der Waals surface area contributed by atoms with Crippen molar-refractivity contribution in [1.82, 2.24) is 0 Å². The molecule has 1 rings (SSSR count). The molecule has 1 aliphatic rings. The van der Waals surface area contributed by atoms with Crippen molar-refractivity contribution in [2.24, 2.45) is 0 Å². The lowest BCUT2D eigenvalue weighted by Crippen LogP contribution is -2.20. The van der Waals surface area contributed by atoms with E-state index in [1.807, 2.05) is 13.8 Å². The van der Waals surface area contributed by atoms with Gasteiger partial charge in [0.15, 0.2) is 5.79 Å². The first-order valence-electron chi connectivity index (χ1n) is 5.12. The molecule has 1 saturated heterocycles. The average Bonchev–Trinajstić information content (AvgIpc) is 2.40. The van der Waals surface area contributed by atoms with Crippen LogP contribution in [0.3, 0.4) is 0 Å². The topological polar surface area (TPSA) is 18.5 Å². The van der Waals surface area contributed by atoms with Crippen LogP contribution in [0.15, 0.2) is 12.2 Å². The van der Waals surface area contributed by atoms with Crippen molar-refractivity contribution in [3.63, 3.8) is 0 Å². The molecule has 0 amide bonds. The molecule has 0 unspecified atom stereocenters. The minimum atomic E-state index is -0.389. The molecule has 1 fully saturated rings. The highest BCUT2D eigenvalue weighted by atomic mass is 16.7. The van der Waals surface area contributed by atoms with E-state index < -0.39 is 0 Å². The van der Waals surface area contributed by atoms with Crippen LogP contribution in [-0.2, 0) is 9.47 Å². The maximum Gasteiger partial charge on any atom is 0.163 e. The van der Waals surface area contributed by atoms with Crippen molar-refractivity contribution >= 4 is 0 Å². The van der Waals surface area contributed by atoms with Crippen molar-refractivity contribution in [2.75, 3.05) is 6.61 Å². The van der Waals surface area contributed by atoms with E-state index in [4.69, 9.17) is 9.47 Å². The van der Waals surface area contributed by atoms with Gasteiger partial charge in [-0.05, 0) is 20.3 Å². The molecular weight excluding hydrogens is 164 g/mol. The van der Waals surface area contributed by atoms with Crippen LogP contribution in [0.25, 0.3) is 0 Å². The Hall–Kier alpha value is -0.340. The molecule has 0 aromatic rings. The number of allylic oxidation sites excluding steroid dienone is 1. The molecule has 2 heteroatoms. The smallest absolute Gasteiger partial charge is 0.163 e. The second-order valence-corrected chi connectivity index (χ2v) is 3.94. The molecule has 2 nitrogen and oxygen atoms in total. The Labute approximate surface area is 80.9 Å². The van der Waals surface area contributed by atoms with E-state index >= 15 is 0 Å². The predicted octanol–water partition coefficient (Wildman–Crippen LogP) is 2.88. The molecular formula is C11H20O2. The van der Waals surface area contributed by atoms with Gasteiger partial charge in [-0.3, -0.25) is 0 Å². The molecule has 0 aromatic heterocycles. The number of rotatable bonds is 4. The van der Waals surface area contributed by atoms with Gasteiger partial charge in [-0.2, -0.15) is 0 Å². The lowest BCUT2D eigenvalue weighted by Gasteiger charge is -2.15. The quantitative estimate of drug-likeness (QED) is 0.494. The van der Waals surface area contributed by atoms with Gasteiger partial charge in [0.25, 0.3) is 0 Å². The third-order valence-corrected chi connectivity index (χ3v) is 2.11. The lowest BCUT2D eigenvalue weighted by atomic mass is 10.2. The molecule has 0 N–H and O–H groups in total. The second-order valence-electron chi connectivity index (χ2n) is 3.94. The van der Waals surface area contributed by atoms with E-state index in [1.54, 1.807) is 0 Å². The van der Waals surface area contributed by atoms with Crippen molar-refractivity contribution in [1.29, 1.82) is 0 Å². The summed E-state index contributed by atoms with van der Waals surface area (Å²) in [6.45, 7) is 6.79. The molecule has 0 aliphatic carbocycles. The van der Waals surface area contributed by atoms with Gasteiger partial charge in [0.05, 0.1) is 6.61 Å². The van der Waals surface area contributed by atoms with Gasteiger partial charge < -0.3 is 9.47 Å². The van der Waals surface area contributed by atoms with Crippen LogP contribution in [-0.4, -0.2) is 18.5 Å². The Kier molecular flexibility index (Phi) is 3.94. The zero-order chi connectivity index (χ0) is 9.73. The molecule has 76 valence electrons. The molecule has 0 spiro atoms. The first kappa shape index (κ1) is 10.7. The van der Waals surface area contributed by atoms with Crippen LogP contribution in [0.2, 0.25) is 0 Å². The summed E-state index contributed by atoms with van der Waals surface area (Å²) in [5.41, 5.74) is 0. The Bertz CT molecular complexity index is 173. The third-order valence-electron chi connectivity index (χ3n) is 2.11. The maximum absolute atomic E-state index is 5.62. The average molecular weight is 184 g/mol. The van der Waals surface area contributed by atoms with E-state index in [0.29, 0.717) is 6.61 Å². The van der Waals surface area contributed by atoms with Crippen molar-refractivity contribution in [3.8, 4) is 0 Å². The van der Waals surface area contributed by atoms with Gasteiger partial charge in [0.2, 0.25) is 0 Å². The lowest BCUT2D eigenvalue weighted by molar-refractivity contribution is -0.133. The van der Waals surface area contributed by atoms with Crippen molar-refractivity contribution < 1.29 is 9.47 Å². The zero-order valence-electron chi connectivity index (χ0n) is 8.88. The monoisotopic (exact) mass is 184 g/mol. The fourth-order valence-electron chi connectivity index (χ4n) is 1.38. The summed E-state index contributed by atoms with van der Waals surface area (Å²) < 4.78 is 11.1. The van der Waals surface area contributed by atoms with Gasteiger partial charge in [-0.15, -0.1) is 0 Å². The summed E-state index contributed by atoms with van der Waals surface area (Å²) in [5.74, 6) is -0.389. The minimum absolute atomic E-state index is 0.159. The van der Waals surface area contributed by atoms with Crippen molar-refractivity contribution in [3.05, 3.63) is 12.2 Å². The molecule has 1 aliphatic heterocycles. The highest BCUT2D eigenvalue weighted by molar-refractivity contribution is 4.92. The number of ether oxygens (including phenoxy) is 2. The standard InChI is InChI=1S/C11H20O2/c1-4-5-6-7-8-10-9-12-11(2,3)13-10/h7-8,10H,4-6,9H2,1-3H3/b8-7+/t10-/m0/s1. The zero-order valence-corrected chi connectivity index (χ0v) is 8.88. The SMILES string of the molecule is CCCC/C=C/[C@H]1COC(C)(C)O1. The van der Waals surface area contributed by atoms with Crippen LogP contribution in [0.4, 0.5) is 0 Å². The fourth-order valence-corrected chi connectivity index (χ4v) is 1.38. The van der Waals surface area contributed by atoms with Gasteiger partial charge in [-0.1, -0.05) is 31.9 Å². The van der Waals surface area contributed by atoms with Crippen LogP contribution in [0.5, 0.6) is 0 Å². The minimum Gasteiger partial charge on any atom is -0.347 e. The number of hydrogen-bond acceptors (Lipinski definition) is 2. The van der Waals surface area contributed by atoms with Crippen molar-refractivity contribution in [2.45, 2.75) is 51.9 Å². The predicted molar refractivity (Wildman–Crippen MR) is 53.6 cm³/mol. The highest BCUT2D eigenvalue weighted by Gasteiger charge is 2.30. The number of unbranched alkanes of at least 4 members (excludes halogenated alkanes) is 2. The van der Waals surface area contributed by atoms with Crippen LogP contribution in [0.1, 0.15) is 40.0 Å². The van der Waals surface area contributed by atoms with E-state index in [-0.39, 0.29) is 11.9 Å². The normalized spacial score (nSPS) is 27.2. The first-order valence-corrected chi connectivity index (χ1v) is 5.12. The fraction of sp³-hybridized carbons (Fsp3) is 0.818. The van der Waals surface area contributed by atoms with Crippen LogP contribution >= 0.6 is 0 Å². The van der Waals surface area contributed by atoms with Gasteiger partial charge in [0.1, 0.15) is 6.10 Å². The molecule has 1 atom stereocenters.